The third-order valence-corrected chi connectivity index (χ3v) is 4.13. The fourth-order valence-corrected chi connectivity index (χ4v) is 2.71. The average Bonchev–Trinajstić information content (AvgIpc) is 2.53. The molecule has 0 bridgehead atoms. The van der Waals surface area contributed by atoms with Gasteiger partial charge in [0.15, 0.2) is 0 Å². The predicted octanol–water partition coefficient (Wildman–Crippen LogP) is 1.91. The van der Waals surface area contributed by atoms with Crippen LogP contribution in [0.3, 0.4) is 0 Å². The minimum atomic E-state index is -4.13. The lowest BCUT2D eigenvalue weighted by molar-refractivity contribution is -0.185. The number of hydrogen-bond acceptors (Lipinski definition) is 4. The van der Waals surface area contributed by atoms with Gasteiger partial charge in [-0.3, -0.25) is 4.79 Å². The van der Waals surface area contributed by atoms with Crippen LogP contribution in [0.2, 0.25) is 0 Å². The van der Waals surface area contributed by atoms with Crippen molar-refractivity contribution in [3.63, 3.8) is 0 Å². The fraction of sp³-hybridized carbons (Fsp3) is 0.600. The molecule has 1 saturated heterocycles. The van der Waals surface area contributed by atoms with Crippen molar-refractivity contribution >= 4 is 5.97 Å². The summed E-state index contributed by atoms with van der Waals surface area (Å²) in [5, 5.41) is 0. The molecule has 2 heterocycles. The van der Waals surface area contributed by atoms with Gasteiger partial charge in [0.1, 0.15) is 5.56 Å². The molecule has 1 aromatic rings. The first kappa shape index (κ1) is 17.5. The average molecular weight is 332 g/mol. The zero-order valence-corrected chi connectivity index (χ0v) is 12.8. The number of likely N-dealkylation sites (tertiary alicyclic amines) is 1. The van der Waals surface area contributed by atoms with E-state index >= 15 is 0 Å². The monoisotopic (exact) mass is 332 g/mol. The molecule has 0 atom stereocenters. The van der Waals surface area contributed by atoms with Crippen LogP contribution in [0, 0.1) is 5.92 Å². The van der Waals surface area contributed by atoms with Crippen molar-refractivity contribution in [2.24, 2.45) is 5.92 Å². The van der Waals surface area contributed by atoms with E-state index in [9.17, 15) is 22.8 Å². The minimum Gasteiger partial charge on any atom is -0.465 e. The molecule has 1 aliphatic heterocycles. The highest BCUT2D eigenvalue weighted by Gasteiger charge is 2.40. The largest absolute Gasteiger partial charge is 0.465 e. The SMILES string of the molecule is COC(=O)c1cccn(CCN2CCC(C(F)(F)F)CC2)c1=O. The second-order valence-corrected chi connectivity index (χ2v) is 5.57. The van der Waals surface area contributed by atoms with Crippen LogP contribution in [0.1, 0.15) is 23.2 Å². The molecule has 0 aromatic carbocycles. The zero-order valence-electron chi connectivity index (χ0n) is 12.8. The van der Waals surface area contributed by atoms with Gasteiger partial charge in [0, 0.05) is 19.3 Å². The van der Waals surface area contributed by atoms with Crippen LogP contribution in [0.25, 0.3) is 0 Å². The number of esters is 1. The van der Waals surface area contributed by atoms with Crippen LogP contribution >= 0.6 is 0 Å². The summed E-state index contributed by atoms with van der Waals surface area (Å²) < 4.78 is 43.8. The Labute approximate surface area is 131 Å². The molecule has 0 N–H and O–H groups in total. The lowest BCUT2D eigenvalue weighted by Gasteiger charge is -2.32. The number of nitrogens with zero attached hydrogens (tertiary/aromatic N) is 2. The Hall–Kier alpha value is -1.83. The van der Waals surface area contributed by atoms with E-state index in [0.717, 1.165) is 0 Å². The first-order valence-corrected chi connectivity index (χ1v) is 7.39. The maximum Gasteiger partial charge on any atom is 0.391 e. The van der Waals surface area contributed by atoms with Crippen LogP contribution in [0.5, 0.6) is 0 Å². The normalized spacial score (nSPS) is 17.2. The number of halogens is 3. The summed E-state index contributed by atoms with van der Waals surface area (Å²) in [7, 11) is 1.20. The molecule has 0 amide bonds. The van der Waals surface area contributed by atoms with E-state index in [1.807, 2.05) is 4.90 Å². The quantitative estimate of drug-likeness (QED) is 0.791. The molecule has 2 rings (SSSR count). The van der Waals surface area contributed by atoms with E-state index in [0.29, 0.717) is 26.2 Å². The van der Waals surface area contributed by atoms with Gasteiger partial charge in [0.2, 0.25) is 0 Å². The first-order chi connectivity index (χ1) is 10.8. The highest BCUT2D eigenvalue weighted by Crippen LogP contribution is 2.33. The molecule has 23 heavy (non-hydrogen) atoms. The second-order valence-electron chi connectivity index (χ2n) is 5.57. The molecule has 0 aliphatic carbocycles. The number of aromatic nitrogens is 1. The lowest BCUT2D eigenvalue weighted by Crippen LogP contribution is -2.41. The molecule has 1 aromatic heterocycles. The van der Waals surface area contributed by atoms with E-state index in [1.165, 1.54) is 17.7 Å². The van der Waals surface area contributed by atoms with Crippen LogP contribution in [0.15, 0.2) is 23.1 Å². The van der Waals surface area contributed by atoms with Gasteiger partial charge in [-0.05, 0) is 38.1 Å². The maximum atomic E-state index is 12.6. The molecule has 128 valence electrons. The predicted molar refractivity (Wildman–Crippen MR) is 77.3 cm³/mol. The number of pyridine rings is 1. The molecule has 1 aliphatic rings. The minimum absolute atomic E-state index is 0.0502. The topological polar surface area (TPSA) is 51.5 Å². The van der Waals surface area contributed by atoms with Gasteiger partial charge in [-0.25, -0.2) is 4.79 Å². The summed E-state index contributed by atoms with van der Waals surface area (Å²) in [5.74, 6) is -1.93. The Morgan fingerprint density at radius 2 is 1.96 bits per heavy atom. The Kier molecular flexibility index (Phi) is 5.46. The Morgan fingerprint density at radius 3 is 2.52 bits per heavy atom. The second kappa shape index (κ2) is 7.16. The van der Waals surface area contributed by atoms with Crippen molar-refractivity contribution in [1.29, 1.82) is 0 Å². The van der Waals surface area contributed by atoms with Crippen LogP contribution < -0.4 is 5.56 Å². The number of hydrogen-bond donors (Lipinski definition) is 0. The third kappa shape index (κ3) is 4.34. The van der Waals surface area contributed by atoms with E-state index < -0.39 is 23.6 Å². The summed E-state index contributed by atoms with van der Waals surface area (Å²) in [5.41, 5.74) is -0.504. The highest BCUT2D eigenvalue weighted by atomic mass is 19.4. The molecule has 0 spiro atoms. The van der Waals surface area contributed by atoms with Gasteiger partial charge in [-0.2, -0.15) is 13.2 Å². The number of carbonyl (C=O) groups excluding carboxylic acids is 1. The van der Waals surface area contributed by atoms with Crippen LogP contribution in [-0.4, -0.2) is 48.4 Å². The summed E-state index contributed by atoms with van der Waals surface area (Å²) in [6, 6.07) is 2.96. The van der Waals surface area contributed by atoms with E-state index in [2.05, 4.69) is 4.74 Å². The number of piperidine rings is 1. The molecular formula is C15H19F3N2O3. The molecule has 5 nitrogen and oxygen atoms in total. The number of ether oxygens (including phenoxy) is 1. The number of alkyl halides is 3. The molecule has 1 fully saturated rings. The third-order valence-electron chi connectivity index (χ3n) is 4.13. The molecule has 0 unspecified atom stereocenters. The van der Waals surface area contributed by atoms with Gasteiger partial charge in [-0.1, -0.05) is 0 Å². The summed E-state index contributed by atoms with van der Waals surface area (Å²) in [6.45, 7) is 1.50. The van der Waals surface area contributed by atoms with Gasteiger partial charge in [0.25, 0.3) is 5.56 Å². The highest BCUT2D eigenvalue weighted by molar-refractivity contribution is 5.88. The number of carbonyl (C=O) groups is 1. The van der Waals surface area contributed by atoms with E-state index in [1.54, 1.807) is 12.3 Å². The molecular weight excluding hydrogens is 313 g/mol. The van der Waals surface area contributed by atoms with Crippen molar-refractivity contribution < 1.29 is 22.7 Å². The van der Waals surface area contributed by atoms with Crippen molar-refractivity contribution in [2.75, 3.05) is 26.7 Å². The van der Waals surface area contributed by atoms with Gasteiger partial charge in [0.05, 0.1) is 13.0 Å². The van der Waals surface area contributed by atoms with Crippen LogP contribution in [-0.2, 0) is 11.3 Å². The number of methoxy groups -OCH3 is 1. The van der Waals surface area contributed by atoms with Crippen molar-refractivity contribution in [1.82, 2.24) is 9.47 Å². The van der Waals surface area contributed by atoms with E-state index in [4.69, 9.17) is 0 Å². The van der Waals surface area contributed by atoms with Crippen molar-refractivity contribution in [2.45, 2.75) is 25.6 Å². The van der Waals surface area contributed by atoms with E-state index in [-0.39, 0.29) is 18.4 Å². The van der Waals surface area contributed by atoms with Gasteiger partial charge >= 0.3 is 12.1 Å². The van der Waals surface area contributed by atoms with Crippen molar-refractivity contribution in [3.8, 4) is 0 Å². The molecule has 0 saturated carbocycles. The maximum absolute atomic E-state index is 12.6. The Balaban J connectivity index is 1.93. The smallest absolute Gasteiger partial charge is 0.391 e. The van der Waals surface area contributed by atoms with Crippen molar-refractivity contribution in [3.05, 3.63) is 34.2 Å². The first-order valence-electron chi connectivity index (χ1n) is 7.39. The standard InChI is InChI=1S/C15H19F3N2O3/c1-23-14(22)12-3-2-6-20(13(12)21)10-9-19-7-4-11(5-8-19)15(16,17)18/h2-3,6,11H,4-5,7-10H2,1H3. The van der Waals surface area contributed by atoms with Gasteiger partial charge < -0.3 is 14.2 Å². The van der Waals surface area contributed by atoms with Crippen LogP contribution in [0.4, 0.5) is 13.2 Å². The molecule has 8 heteroatoms. The van der Waals surface area contributed by atoms with Gasteiger partial charge in [-0.15, -0.1) is 0 Å². The summed E-state index contributed by atoms with van der Waals surface area (Å²) in [4.78, 5) is 25.5. The number of rotatable bonds is 4. The summed E-state index contributed by atoms with van der Waals surface area (Å²) >= 11 is 0. The lowest BCUT2D eigenvalue weighted by atomic mass is 9.96. The summed E-state index contributed by atoms with van der Waals surface area (Å²) in [6.07, 6.45) is -2.41. The Morgan fingerprint density at radius 1 is 1.30 bits per heavy atom. The zero-order chi connectivity index (χ0) is 17.0. The Bertz CT molecular complexity index is 605. The fourth-order valence-electron chi connectivity index (χ4n) is 2.71. The molecule has 0 radical (unpaired) electrons.